The molecule has 0 radical (unpaired) electrons. The normalized spacial score (nSPS) is 18.2. The zero-order chi connectivity index (χ0) is 29.2. The average Bonchev–Trinajstić information content (AvgIpc) is 3.20. The minimum Gasteiger partial charge on any atom is -0.326 e. The van der Waals surface area contributed by atoms with Crippen LogP contribution in [-0.4, -0.2) is 23.6 Å². The van der Waals surface area contributed by atoms with Crippen LogP contribution in [0.4, 0.5) is 17.1 Å². The Balaban J connectivity index is 1.31. The third-order valence-corrected chi connectivity index (χ3v) is 8.12. The van der Waals surface area contributed by atoms with Crippen molar-refractivity contribution >= 4 is 40.7 Å². The number of hydrogen-bond acceptors (Lipinski definition) is 4. The van der Waals surface area contributed by atoms with E-state index in [0.717, 1.165) is 24.8 Å². The number of imide groups is 1. The zero-order valence-corrected chi connectivity index (χ0v) is 24.4. The second-order valence-corrected chi connectivity index (χ2v) is 11.4. The lowest BCUT2D eigenvalue weighted by atomic mass is 9.82. The number of benzene rings is 2. The van der Waals surface area contributed by atoms with Gasteiger partial charge in [-0.2, -0.15) is 0 Å². The highest BCUT2D eigenvalue weighted by Crippen LogP contribution is 2.40. The second kappa shape index (κ2) is 14.8. The fourth-order valence-corrected chi connectivity index (χ4v) is 5.83. The Morgan fingerprint density at radius 1 is 0.805 bits per heavy atom. The van der Waals surface area contributed by atoms with Gasteiger partial charge in [-0.15, -0.1) is 0 Å². The third kappa shape index (κ3) is 7.93. The fourth-order valence-electron chi connectivity index (χ4n) is 5.83. The molecule has 7 nitrogen and oxygen atoms in total. The lowest BCUT2D eigenvalue weighted by molar-refractivity contribution is -0.122. The van der Waals surface area contributed by atoms with Gasteiger partial charge in [0.25, 0.3) is 5.91 Å². The molecule has 0 saturated carbocycles. The van der Waals surface area contributed by atoms with Crippen LogP contribution in [0, 0.1) is 11.8 Å². The Labute approximate surface area is 243 Å². The Morgan fingerprint density at radius 2 is 1.44 bits per heavy atom. The molecule has 4 rings (SSSR count). The van der Waals surface area contributed by atoms with E-state index < -0.39 is 5.91 Å². The highest BCUT2D eigenvalue weighted by atomic mass is 16.2. The molecule has 0 spiro atoms. The van der Waals surface area contributed by atoms with Crippen molar-refractivity contribution in [2.45, 2.75) is 90.9 Å². The molecule has 1 heterocycles. The molecule has 41 heavy (non-hydrogen) atoms. The molecule has 1 fully saturated rings. The van der Waals surface area contributed by atoms with E-state index in [9.17, 15) is 19.2 Å². The lowest BCUT2D eigenvalue weighted by Crippen LogP contribution is -2.33. The molecule has 7 heteroatoms. The van der Waals surface area contributed by atoms with E-state index in [2.05, 4.69) is 17.6 Å². The van der Waals surface area contributed by atoms with Gasteiger partial charge in [0.2, 0.25) is 17.7 Å². The minimum absolute atomic E-state index is 0.0426. The Hall–Kier alpha value is -3.74. The number of hydrogen-bond donors (Lipinski definition) is 2. The molecule has 0 aromatic heterocycles. The van der Waals surface area contributed by atoms with Crippen LogP contribution in [-0.2, 0) is 14.4 Å². The third-order valence-electron chi connectivity index (χ3n) is 8.12. The van der Waals surface area contributed by atoms with Gasteiger partial charge in [0.05, 0.1) is 23.1 Å². The molecule has 1 aliphatic heterocycles. The first kappa shape index (κ1) is 30.2. The molecule has 2 aliphatic rings. The number of carbonyl (C=O) groups excluding carboxylic acids is 4. The number of nitrogens with zero attached hydrogens (tertiary/aromatic N) is 1. The van der Waals surface area contributed by atoms with E-state index in [4.69, 9.17) is 0 Å². The zero-order valence-electron chi connectivity index (χ0n) is 24.4. The van der Waals surface area contributed by atoms with Crippen LogP contribution in [0.3, 0.4) is 0 Å². The van der Waals surface area contributed by atoms with Gasteiger partial charge in [-0.1, -0.05) is 88.1 Å². The molecule has 1 saturated heterocycles. The Morgan fingerprint density at radius 3 is 2.17 bits per heavy atom. The first-order valence-electron chi connectivity index (χ1n) is 15.2. The van der Waals surface area contributed by atoms with Crippen LogP contribution in [0.2, 0.25) is 0 Å². The van der Waals surface area contributed by atoms with E-state index in [1.54, 1.807) is 48.5 Å². The van der Waals surface area contributed by atoms with Crippen LogP contribution in [0.25, 0.3) is 0 Å². The fraction of sp³-hybridized carbons (Fsp3) is 0.471. The number of anilines is 3. The molecule has 0 unspecified atom stereocenters. The van der Waals surface area contributed by atoms with Crippen molar-refractivity contribution in [3.8, 4) is 0 Å². The molecular weight excluding hydrogens is 514 g/mol. The van der Waals surface area contributed by atoms with E-state index in [1.165, 1.54) is 43.4 Å². The number of nitrogens with one attached hydrogen (secondary N) is 2. The van der Waals surface area contributed by atoms with Gasteiger partial charge in [0.15, 0.2) is 0 Å². The summed E-state index contributed by atoms with van der Waals surface area (Å²) in [5, 5.41) is 5.80. The predicted octanol–water partition coefficient (Wildman–Crippen LogP) is 7.64. The van der Waals surface area contributed by atoms with Crippen molar-refractivity contribution in [1.82, 2.24) is 0 Å². The van der Waals surface area contributed by atoms with Gasteiger partial charge in [0.1, 0.15) is 0 Å². The lowest BCUT2D eigenvalue weighted by Gasteiger charge is -2.19. The first-order valence-corrected chi connectivity index (χ1v) is 15.2. The molecule has 2 N–H and O–H groups in total. The monoisotopic (exact) mass is 557 g/mol. The minimum atomic E-state index is -0.427. The summed E-state index contributed by atoms with van der Waals surface area (Å²) in [7, 11) is 0. The molecule has 2 atom stereocenters. The molecule has 1 aliphatic carbocycles. The van der Waals surface area contributed by atoms with Crippen LogP contribution in [0.5, 0.6) is 0 Å². The smallest absolute Gasteiger partial charge is 0.257 e. The number of carbonyl (C=O) groups is 4. The number of para-hydroxylation sites is 1. The summed E-state index contributed by atoms with van der Waals surface area (Å²) < 4.78 is 0. The van der Waals surface area contributed by atoms with Crippen LogP contribution < -0.4 is 15.5 Å². The molecular formula is C34H43N3O4. The maximum absolute atomic E-state index is 13.3. The summed E-state index contributed by atoms with van der Waals surface area (Å²) in [6, 6.07) is 13.7. The number of allylic oxidation sites excluding steroid dienone is 2. The maximum Gasteiger partial charge on any atom is 0.257 e. The number of amides is 4. The van der Waals surface area contributed by atoms with Gasteiger partial charge in [-0.25, -0.2) is 4.90 Å². The van der Waals surface area contributed by atoms with Crippen LogP contribution in [0.1, 0.15) is 101 Å². The van der Waals surface area contributed by atoms with E-state index in [-0.39, 0.29) is 35.1 Å². The van der Waals surface area contributed by atoms with Crippen molar-refractivity contribution in [1.29, 1.82) is 0 Å². The molecule has 0 bridgehead atoms. The number of unbranched alkanes of at least 4 members (excludes halogenated alkanes) is 8. The number of fused-ring (bicyclic) bond motifs is 1. The second-order valence-electron chi connectivity index (χ2n) is 11.4. The van der Waals surface area contributed by atoms with Gasteiger partial charge < -0.3 is 10.6 Å². The van der Waals surface area contributed by atoms with Crippen molar-refractivity contribution in [3.63, 3.8) is 0 Å². The van der Waals surface area contributed by atoms with Crippen LogP contribution in [0.15, 0.2) is 60.2 Å². The standard InChI is InChI=1S/C34H43N3O4/c1-3-4-5-6-7-8-9-10-11-19-31(38)35-25-15-14-16-26(23-25)36-32(39)28-17-12-13-18-30(28)37-33(40)27-21-20-24(2)22-29(27)34(37)41/h12-18,20,23,27,29H,3-11,19,21-22H2,1-2H3,(H,35,38)(H,36,39)/t27-,29-/m1/s1. The van der Waals surface area contributed by atoms with Gasteiger partial charge >= 0.3 is 0 Å². The van der Waals surface area contributed by atoms with E-state index in [0.29, 0.717) is 36.3 Å². The SMILES string of the molecule is CCCCCCCCCCCC(=O)Nc1cccc(NC(=O)c2ccccc2N2C(=O)[C@@H]3CC=C(C)C[C@H]3C2=O)c1. The van der Waals surface area contributed by atoms with Crippen molar-refractivity contribution < 1.29 is 19.2 Å². The maximum atomic E-state index is 13.3. The predicted molar refractivity (Wildman–Crippen MR) is 164 cm³/mol. The van der Waals surface area contributed by atoms with Gasteiger partial charge in [0, 0.05) is 17.8 Å². The van der Waals surface area contributed by atoms with Crippen molar-refractivity contribution in [3.05, 3.63) is 65.7 Å². The summed E-state index contributed by atoms with van der Waals surface area (Å²) in [4.78, 5) is 53.5. The molecule has 2 aromatic rings. The van der Waals surface area contributed by atoms with Crippen molar-refractivity contribution in [2.24, 2.45) is 11.8 Å². The molecule has 4 amide bonds. The number of rotatable bonds is 14. The van der Waals surface area contributed by atoms with Crippen LogP contribution >= 0.6 is 0 Å². The summed E-state index contributed by atoms with van der Waals surface area (Å²) >= 11 is 0. The first-order chi connectivity index (χ1) is 19.9. The molecule has 218 valence electrons. The quantitative estimate of drug-likeness (QED) is 0.142. The largest absolute Gasteiger partial charge is 0.326 e. The topological polar surface area (TPSA) is 95.6 Å². The summed E-state index contributed by atoms with van der Waals surface area (Å²) in [6.07, 6.45) is 14.4. The van der Waals surface area contributed by atoms with E-state index in [1.807, 2.05) is 13.0 Å². The average molecular weight is 558 g/mol. The Bertz CT molecular complexity index is 1280. The summed E-state index contributed by atoms with van der Waals surface area (Å²) in [5.74, 6) is -1.72. The summed E-state index contributed by atoms with van der Waals surface area (Å²) in [6.45, 7) is 4.20. The summed E-state index contributed by atoms with van der Waals surface area (Å²) in [5.41, 5.74) is 2.78. The van der Waals surface area contributed by atoms with Gasteiger partial charge in [-0.05, 0) is 56.5 Å². The highest BCUT2D eigenvalue weighted by molar-refractivity contribution is 6.25. The molecule has 2 aromatic carbocycles. The van der Waals surface area contributed by atoms with Gasteiger partial charge in [-0.3, -0.25) is 19.2 Å². The highest BCUT2D eigenvalue weighted by Gasteiger charge is 2.49. The Kier molecular flexibility index (Phi) is 10.9. The van der Waals surface area contributed by atoms with Crippen molar-refractivity contribution in [2.75, 3.05) is 15.5 Å². The van der Waals surface area contributed by atoms with E-state index >= 15 is 0 Å².